The van der Waals surface area contributed by atoms with Gasteiger partial charge in [-0.3, -0.25) is 5.10 Å². The largest absolute Gasteiger partial charge is 0.391 e. The molecule has 92 valence electrons. The number of nitrogens with zero attached hydrogens (tertiary/aromatic N) is 1. The second kappa shape index (κ2) is 4.97. The fourth-order valence-electron chi connectivity index (χ4n) is 1.47. The van der Waals surface area contributed by atoms with Crippen LogP contribution in [0.2, 0.25) is 0 Å². The molecule has 1 aromatic rings. The lowest BCUT2D eigenvalue weighted by Crippen LogP contribution is -2.36. The first-order chi connectivity index (χ1) is 7.32. The first-order valence-corrected chi connectivity index (χ1v) is 5.71. The lowest BCUT2D eigenvalue weighted by molar-refractivity contribution is 0.0627. The molecule has 1 rings (SSSR count). The number of aromatic nitrogens is 2. The third kappa shape index (κ3) is 3.32. The topological polar surface area (TPSA) is 60.9 Å². The maximum absolute atomic E-state index is 9.87. The van der Waals surface area contributed by atoms with Crippen LogP contribution < -0.4 is 5.32 Å². The molecule has 0 saturated heterocycles. The van der Waals surface area contributed by atoms with Gasteiger partial charge in [0.15, 0.2) is 0 Å². The summed E-state index contributed by atoms with van der Waals surface area (Å²) in [5.41, 5.74) is 3.24. The molecule has 0 aromatic carbocycles. The molecule has 16 heavy (non-hydrogen) atoms. The van der Waals surface area contributed by atoms with Crippen molar-refractivity contribution in [3.63, 3.8) is 0 Å². The summed E-state index contributed by atoms with van der Waals surface area (Å²) in [4.78, 5) is 0. The number of nitrogens with one attached hydrogen (secondary N) is 2. The minimum absolute atomic E-state index is 0.0759. The molecule has 4 heteroatoms. The van der Waals surface area contributed by atoms with Gasteiger partial charge in [-0.15, -0.1) is 0 Å². The van der Waals surface area contributed by atoms with Gasteiger partial charge in [0.05, 0.1) is 11.8 Å². The highest BCUT2D eigenvalue weighted by Crippen LogP contribution is 2.18. The van der Waals surface area contributed by atoms with Crippen molar-refractivity contribution in [1.82, 2.24) is 15.5 Å². The standard InChI is InChI=1S/C12H23N3O/c1-8-10(9(2)15-14-8)6-13-7-11(16)12(3,4)5/h11,13,16H,6-7H2,1-5H3,(H,14,15). The molecule has 1 heterocycles. The van der Waals surface area contributed by atoms with Crippen molar-refractivity contribution in [3.05, 3.63) is 17.0 Å². The van der Waals surface area contributed by atoms with Crippen LogP contribution in [0.4, 0.5) is 0 Å². The molecule has 1 unspecified atom stereocenters. The molecule has 0 radical (unpaired) electrons. The van der Waals surface area contributed by atoms with Gasteiger partial charge in [-0.2, -0.15) is 5.10 Å². The first-order valence-electron chi connectivity index (χ1n) is 5.71. The fraction of sp³-hybridized carbons (Fsp3) is 0.750. The Morgan fingerprint density at radius 1 is 1.38 bits per heavy atom. The molecule has 1 atom stereocenters. The van der Waals surface area contributed by atoms with E-state index in [0.717, 1.165) is 17.9 Å². The summed E-state index contributed by atoms with van der Waals surface area (Å²) in [6.45, 7) is 11.5. The van der Waals surface area contributed by atoms with E-state index in [1.165, 1.54) is 5.56 Å². The Balaban J connectivity index is 2.42. The van der Waals surface area contributed by atoms with E-state index < -0.39 is 0 Å². The van der Waals surface area contributed by atoms with Gasteiger partial charge in [0.25, 0.3) is 0 Å². The second-order valence-electron chi connectivity index (χ2n) is 5.43. The van der Waals surface area contributed by atoms with Gasteiger partial charge in [0.2, 0.25) is 0 Å². The van der Waals surface area contributed by atoms with Gasteiger partial charge in [-0.1, -0.05) is 20.8 Å². The highest BCUT2D eigenvalue weighted by atomic mass is 16.3. The van der Waals surface area contributed by atoms with E-state index in [0.29, 0.717) is 6.54 Å². The number of rotatable bonds is 4. The number of hydrogen-bond donors (Lipinski definition) is 3. The summed E-state index contributed by atoms with van der Waals surface area (Å²) in [7, 11) is 0. The Hall–Kier alpha value is -0.870. The Morgan fingerprint density at radius 2 is 2.00 bits per heavy atom. The maximum atomic E-state index is 9.87. The van der Waals surface area contributed by atoms with Gasteiger partial charge >= 0.3 is 0 Å². The van der Waals surface area contributed by atoms with E-state index in [-0.39, 0.29) is 11.5 Å². The molecule has 0 saturated carbocycles. The van der Waals surface area contributed by atoms with Crippen LogP contribution in [0.1, 0.15) is 37.7 Å². The quantitative estimate of drug-likeness (QED) is 0.728. The normalized spacial score (nSPS) is 14.1. The summed E-state index contributed by atoms with van der Waals surface area (Å²) in [6.07, 6.45) is -0.333. The summed E-state index contributed by atoms with van der Waals surface area (Å²) < 4.78 is 0. The van der Waals surface area contributed by atoms with E-state index in [9.17, 15) is 5.11 Å². The summed E-state index contributed by atoms with van der Waals surface area (Å²) in [5, 5.41) is 20.2. The van der Waals surface area contributed by atoms with E-state index in [1.54, 1.807) is 0 Å². The summed E-state index contributed by atoms with van der Waals surface area (Å²) in [5.74, 6) is 0. The zero-order chi connectivity index (χ0) is 12.3. The monoisotopic (exact) mass is 225 g/mol. The fourth-order valence-corrected chi connectivity index (χ4v) is 1.47. The van der Waals surface area contributed by atoms with Crippen molar-refractivity contribution in [2.24, 2.45) is 5.41 Å². The average molecular weight is 225 g/mol. The molecule has 0 spiro atoms. The average Bonchev–Trinajstić information content (AvgIpc) is 2.47. The van der Waals surface area contributed by atoms with Crippen molar-refractivity contribution >= 4 is 0 Å². The van der Waals surface area contributed by atoms with Crippen LogP contribution in [0.15, 0.2) is 0 Å². The highest BCUT2D eigenvalue weighted by Gasteiger charge is 2.21. The predicted octanol–water partition coefficient (Wildman–Crippen LogP) is 1.52. The van der Waals surface area contributed by atoms with Crippen LogP contribution in [0.3, 0.4) is 0 Å². The molecule has 3 N–H and O–H groups in total. The molecule has 4 nitrogen and oxygen atoms in total. The molecule has 0 aliphatic rings. The van der Waals surface area contributed by atoms with Gasteiger partial charge < -0.3 is 10.4 Å². The highest BCUT2D eigenvalue weighted by molar-refractivity contribution is 5.22. The van der Waals surface area contributed by atoms with Crippen molar-refractivity contribution in [2.75, 3.05) is 6.54 Å². The molecule has 0 fully saturated rings. The molecule has 0 bridgehead atoms. The van der Waals surface area contributed by atoms with E-state index in [2.05, 4.69) is 15.5 Å². The number of H-pyrrole nitrogens is 1. The smallest absolute Gasteiger partial charge is 0.0712 e. The van der Waals surface area contributed by atoms with Crippen molar-refractivity contribution < 1.29 is 5.11 Å². The van der Waals surface area contributed by atoms with Gasteiger partial charge in [0, 0.05) is 24.3 Å². The maximum Gasteiger partial charge on any atom is 0.0712 e. The summed E-state index contributed by atoms with van der Waals surface area (Å²) in [6, 6.07) is 0. The Bertz CT molecular complexity index is 319. The van der Waals surface area contributed by atoms with Crippen LogP contribution in [-0.4, -0.2) is 28.0 Å². The number of aromatic amines is 1. The lowest BCUT2D eigenvalue weighted by Gasteiger charge is -2.26. The van der Waals surface area contributed by atoms with Crippen molar-refractivity contribution in [1.29, 1.82) is 0 Å². The Labute approximate surface area is 97.5 Å². The molecule has 0 amide bonds. The van der Waals surface area contributed by atoms with Gasteiger partial charge in [-0.05, 0) is 19.3 Å². The molecular formula is C12H23N3O. The van der Waals surface area contributed by atoms with Crippen molar-refractivity contribution in [3.8, 4) is 0 Å². The third-order valence-electron chi connectivity index (χ3n) is 2.92. The molecule has 1 aromatic heterocycles. The zero-order valence-corrected chi connectivity index (χ0v) is 10.9. The van der Waals surface area contributed by atoms with Gasteiger partial charge in [-0.25, -0.2) is 0 Å². The Morgan fingerprint density at radius 3 is 2.44 bits per heavy atom. The minimum atomic E-state index is -0.333. The van der Waals surface area contributed by atoms with Crippen LogP contribution in [0, 0.1) is 19.3 Å². The Kier molecular flexibility index (Phi) is 4.10. The summed E-state index contributed by atoms with van der Waals surface area (Å²) >= 11 is 0. The molecule has 0 aliphatic heterocycles. The van der Waals surface area contributed by atoms with Crippen LogP contribution in [-0.2, 0) is 6.54 Å². The number of aliphatic hydroxyl groups is 1. The van der Waals surface area contributed by atoms with E-state index >= 15 is 0 Å². The van der Waals surface area contributed by atoms with Crippen LogP contribution in [0.25, 0.3) is 0 Å². The van der Waals surface area contributed by atoms with E-state index in [1.807, 2.05) is 34.6 Å². The SMILES string of the molecule is Cc1n[nH]c(C)c1CNCC(O)C(C)(C)C. The van der Waals surface area contributed by atoms with Crippen molar-refractivity contribution in [2.45, 2.75) is 47.3 Å². The predicted molar refractivity (Wildman–Crippen MR) is 65.2 cm³/mol. The number of aryl methyl sites for hydroxylation is 2. The molecule has 0 aliphatic carbocycles. The van der Waals surface area contributed by atoms with Crippen LogP contribution in [0.5, 0.6) is 0 Å². The second-order valence-corrected chi connectivity index (χ2v) is 5.43. The first kappa shape index (κ1) is 13.2. The minimum Gasteiger partial charge on any atom is -0.391 e. The van der Waals surface area contributed by atoms with Gasteiger partial charge in [0.1, 0.15) is 0 Å². The zero-order valence-electron chi connectivity index (χ0n) is 10.9. The molecular weight excluding hydrogens is 202 g/mol. The van der Waals surface area contributed by atoms with Crippen LogP contribution >= 0.6 is 0 Å². The number of hydrogen-bond acceptors (Lipinski definition) is 3. The van der Waals surface area contributed by atoms with E-state index in [4.69, 9.17) is 0 Å². The lowest BCUT2D eigenvalue weighted by atomic mass is 9.89. The third-order valence-corrected chi connectivity index (χ3v) is 2.92. The number of aliphatic hydroxyl groups excluding tert-OH is 1.